The molecule has 1 N–H and O–H groups in total. The molecule has 1 aliphatic carbocycles. The van der Waals surface area contributed by atoms with Crippen LogP contribution in [0, 0.1) is 5.92 Å². The van der Waals surface area contributed by atoms with Crippen molar-refractivity contribution in [3.05, 3.63) is 0 Å². The maximum Gasteiger partial charge on any atom is 0.118 e. The smallest absolute Gasteiger partial charge is 0.118 e. The fourth-order valence-electron chi connectivity index (χ4n) is 2.93. The first-order valence-electron chi connectivity index (χ1n) is 6.25. The number of hydrogen-bond acceptors (Lipinski definition) is 1. The molecule has 2 atom stereocenters. The fourth-order valence-corrected chi connectivity index (χ4v) is 2.93. The molecule has 0 aromatic rings. The molecule has 2 rings (SSSR count). The van der Waals surface area contributed by atoms with Gasteiger partial charge in [-0.3, -0.25) is 0 Å². The van der Waals surface area contributed by atoms with Gasteiger partial charge >= 0.3 is 0 Å². The highest BCUT2D eigenvalue weighted by Crippen LogP contribution is 2.32. The van der Waals surface area contributed by atoms with E-state index in [4.69, 9.17) is 0 Å². The van der Waals surface area contributed by atoms with Crippen LogP contribution >= 0.6 is 0 Å². The summed E-state index contributed by atoms with van der Waals surface area (Å²) in [6.45, 7) is 1.03. The zero-order chi connectivity index (χ0) is 9.80. The van der Waals surface area contributed by atoms with Gasteiger partial charge in [-0.1, -0.05) is 25.7 Å². The number of alkyl halides is 1. The molecule has 0 aromatic heterocycles. The van der Waals surface area contributed by atoms with Gasteiger partial charge in [0, 0.05) is 6.04 Å². The minimum Gasteiger partial charge on any atom is -0.311 e. The number of halogens is 1. The molecule has 0 amide bonds. The zero-order valence-corrected chi connectivity index (χ0v) is 8.97. The van der Waals surface area contributed by atoms with Crippen molar-refractivity contribution in [2.45, 2.75) is 63.6 Å². The van der Waals surface area contributed by atoms with E-state index in [1.54, 1.807) is 0 Å². The summed E-state index contributed by atoms with van der Waals surface area (Å²) in [5, 5.41) is 3.38. The summed E-state index contributed by atoms with van der Waals surface area (Å²) in [4.78, 5) is 0. The molecule has 0 aromatic carbocycles. The predicted molar refractivity (Wildman–Crippen MR) is 57.1 cm³/mol. The van der Waals surface area contributed by atoms with E-state index in [9.17, 15) is 4.39 Å². The van der Waals surface area contributed by atoms with E-state index in [0.717, 1.165) is 25.8 Å². The average molecular weight is 199 g/mol. The van der Waals surface area contributed by atoms with Crippen molar-refractivity contribution < 1.29 is 4.39 Å². The average Bonchev–Trinajstić information content (AvgIpc) is 2.59. The quantitative estimate of drug-likeness (QED) is 0.720. The summed E-state index contributed by atoms with van der Waals surface area (Å²) in [5.74, 6) is 0.366. The van der Waals surface area contributed by atoms with Crippen molar-refractivity contribution in [2.75, 3.05) is 6.54 Å². The lowest BCUT2D eigenvalue weighted by molar-refractivity contribution is 0.168. The molecule has 82 valence electrons. The Morgan fingerprint density at radius 3 is 2.43 bits per heavy atom. The summed E-state index contributed by atoms with van der Waals surface area (Å²) in [7, 11) is 0. The van der Waals surface area contributed by atoms with E-state index in [0.29, 0.717) is 5.92 Å². The lowest BCUT2D eigenvalue weighted by Crippen LogP contribution is -2.40. The van der Waals surface area contributed by atoms with Crippen LogP contribution in [0.5, 0.6) is 0 Å². The van der Waals surface area contributed by atoms with Crippen LogP contribution in [0.2, 0.25) is 0 Å². The summed E-state index contributed by atoms with van der Waals surface area (Å²) < 4.78 is 14.1. The van der Waals surface area contributed by atoms with E-state index < -0.39 is 6.17 Å². The fraction of sp³-hybridized carbons (Fsp3) is 1.00. The van der Waals surface area contributed by atoms with E-state index in [2.05, 4.69) is 5.32 Å². The first-order valence-corrected chi connectivity index (χ1v) is 6.25. The van der Waals surface area contributed by atoms with Crippen LogP contribution in [0.4, 0.5) is 4.39 Å². The van der Waals surface area contributed by atoms with Crippen molar-refractivity contribution >= 4 is 0 Å². The van der Waals surface area contributed by atoms with Crippen LogP contribution in [-0.2, 0) is 0 Å². The van der Waals surface area contributed by atoms with E-state index in [1.807, 2.05) is 0 Å². The van der Waals surface area contributed by atoms with Crippen LogP contribution in [0.1, 0.15) is 51.4 Å². The number of rotatable bonds is 2. The Balaban J connectivity index is 1.84. The van der Waals surface area contributed by atoms with E-state index in [1.165, 1.54) is 32.1 Å². The minimum atomic E-state index is -0.574. The third-order valence-corrected chi connectivity index (χ3v) is 3.83. The van der Waals surface area contributed by atoms with Crippen molar-refractivity contribution in [1.29, 1.82) is 0 Å². The zero-order valence-electron chi connectivity index (χ0n) is 8.97. The van der Waals surface area contributed by atoms with Gasteiger partial charge in [0.2, 0.25) is 0 Å². The SMILES string of the molecule is FC(C1CCCC1)C1CCCCCN1. The van der Waals surface area contributed by atoms with E-state index in [-0.39, 0.29) is 6.04 Å². The maximum atomic E-state index is 14.1. The van der Waals surface area contributed by atoms with Crippen molar-refractivity contribution in [3.63, 3.8) is 0 Å². The monoisotopic (exact) mass is 199 g/mol. The standard InChI is InChI=1S/C12H22FN/c13-12(10-6-3-4-7-10)11-8-2-1-5-9-14-11/h10-12,14H,1-9H2. The normalized spacial score (nSPS) is 32.8. The third-order valence-electron chi connectivity index (χ3n) is 3.83. The van der Waals surface area contributed by atoms with Crippen molar-refractivity contribution in [3.8, 4) is 0 Å². The molecular formula is C12H22FN. The van der Waals surface area contributed by atoms with Gasteiger partial charge in [0.15, 0.2) is 0 Å². The molecule has 0 bridgehead atoms. The Labute approximate surface area is 86.5 Å². The molecule has 1 saturated heterocycles. The molecule has 2 unspecified atom stereocenters. The maximum absolute atomic E-state index is 14.1. The Bertz CT molecular complexity index is 158. The predicted octanol–water partition coefficient (Wildman–Crippen LogP) is 3.05. The second-order valence-electron chi connectivity index (χ2n) is 4.90. The molecule has 2 fully saturated rings. The first kappa shape index (κ1) is 10.4. The lowest BCUT2D eigenvalue weighted by Gasteiger charge is -2.25. The van der Waals surface area contributed by atoms with Crippen LogP contribution in [0.25, 0.3) is 0 Å². The molecule has 1 aliphatic heterocycles. The molecule has 2 aliphatic rings. The summed E-state index contributed by atoms with van der Waals surface area (Å²) >= 11 is 0. The highest BCUT2D eigenvalue weighted by Gasteiger charge is 2.31. The van der Waals surface area contributed by atoms with Crippen LogP contribution in [-0.4, -0.2) is 18.8 Å². The Hall–Kier alpha value is -0.110. The van der Waals surface area contributed by atoms with Gasteiger partial charge in [0.1, 0.15) is 6.17 Å². The van der Waals surface area contributed by atoms with Crippen molar-refractivity contribution in [1.82, 2.24) is 5.32 Å². The van der Waals surface area contributed by atoms with Gasteiger partial charge in [-0.05, 0) is 38.1 Å². The number of nitrogens with one attached hydrogen (secondary N) is 1. The Morgan fingerprint density at radius 1 is 0.929 bits per heavy atom. The molecule has 1 saturated carbocycles. The summed E-state index contributed by atoms with van der Waals surface area (Å²) in [6, 6.07) is 0.167. The van der Waals surface area contributed by atoms with Crippen LogP contribution in [0.3, 0.4) is 0 Å². The molecular weight excluding hydrogens is 177 g/mol. The summed E-state index contributed by atoms with van der Waals surface area (Å²) in [5.41, 5.74) is 0. The van der Waals surface area contributed by atoms with Gasteiger partial charge < -0.3 is 5.32 Å². The van der Waals surface area contributed by atoms with Gasteiger partial charge in [0.25, 0.3) is 0 Å². The topological polar surface area (TPSA) is 12.0 Å². The highest BCUT2D eigenvalue weighted by molar-refractivity contribution is 4.85. The van der Waals surface area contributed by atoms with Gasteiger partial charge in [-0.2, -0.15) is 0 Å². The second kappa shape index (κ2) is 5.11. The Kier molecular flexibility index (Phi) is 3.80. The van der Waals surface area contributed by atoms with Crippen LogP contribution in [0.15, 0.2) is 0 Å². The second-order valence-corrected chi connectivity index (χ2v) is 4.90. The van der Waals surface area contributed by atoms with Crippen LogP contribution < -0.4 is 5.32 Å². The molecule has 1 nitrogen and oxygen atoms in total. The molecule has 14 heavy (non-hydrogen) atoms. The molecule has 0 spiro atoms. The minimum absolute atomic E-state index is 0.167. The first-order chi connectivity index (χ1) is 6.88. The molecule has 2 heteroatoms. The molecule has 0 radical (unpaired) electrons. The van der Waals surface area contributed by atoms with E-state index >= 15 is 0 Å². The van der Waals surface area contributed by atoms with Gasteiger partial charge in [0.05, 0.1) is 0 Å². The number of hydrogen-bond donors (Lipinski definition) is 1. The van der Waals surface area contributed by atoms with Gasteiger partial charge in [-0.25, -0.2) is 4.39 Å². The van der Waals surface area contributed by atoms with Crippen molar-refractivity contribution in [2.24, 2.45) is 5.92 Å². The lowest BCUT2D eigenvalue weighted by atomic mass is 9.93. The Morgan fingerprint density at radius 2 is 1.64 bits per heavy atom. The third kappa shape index (κ3) is 2.47. The highest BCUT2D eigenvalue weighted by atomic mass is 19.1. The largest absolute Gasteiger partial charge is 0.311 e. The molecule has 1 heterocycles. The van der Waals surface area contributed by atoms with Gasteiger partial charge in [-0.15, -0.1) is 0 Å². The summed E-state index contributed by atoms with van der Waals surface area (Å²) in [6.07, 6.45) is 8.95.